The first-order valence-electron chi connectivity index (χ1n) is 11.2. The van der Waals surface area contributed by atoms with E-state index in [1.165, 1.54) is 11.1 Å². The zero-order valence-corrected chi connectivity index (χ0v) is 20.1. The summed E-state index contributed by atoms with van der Waals surface area (Å²) in [7, 11) is 0. The number of hydrogen-bond acceptors (Lipinski definition) is 3. The highest BCUT2D eigenvalue weighted by molar-refractivity contribution is 6.30. The number of anilines is 1. The van der Waals surface area contributed by atoms with Crippen LogP contribution >= 0.6 is 11.6 Å². The maximum atomic E-state index is 12.7. The summed E-state index contributed by atoms with van der Waals surface area (Å²) in [5.74, 6) is 1.21. The second-order valence-corrected chi connectivity index (χ2v) is 10.3. The third kappa shape index (κ3) is 6.90. The Bertz CT molecular complexity index is 874. The third-order valence-corrected chi connectivity index (χ3v) is 6.01. The number of halogens is 1. The lowest BCUT2D eigenvalue weighted by atomic mass is 9.88. The van der Waals surface area contributed by atoms with Crippen LogP contribution in [0.1, 0.15) is 51.7 Å². The fourth-order valence-corrected chi connectivity index (χ4v) is 4.20. The number of hydrogen-bond donors (Lipinski definition) is 1. The molecule has 0 bridgehead atoms. The zero-order valence-electron chi connectivity index (χ0n) is 19.3. The van der Waals surface area contributed by atoms with Crippen LogP contribution in [0.3, 0.4) is 0 Å². The van der Waals surface area contributed by atoms with E-state index in [1.807, 2.05) is 49.9 Å². The summed E-state index contributed by atoms with van der Waals surface area (Å²) in [6, 6.07) is 16.6. The van der Waals surface area contributed by atoms with Gasteiger partial charge in [-0.15, -0.1) is 0 Å². The van der Waals surface area contributed by atoms with E-state index in [1.54, 1.807) is 0 Å². The van der Waals surface area contributed by atoms with Crippen molar-refractivity contribution in [1.82, 2.24) is 4.90 Å². The number of benzene rings is 2. The largest absolute Gasteiger partial charge is 0.444 e. The van der Waals surface area contributed by atoms with E-state index in [2.05, 4.69) is 43.4 Å². The highest BCUT2D eigenvalue weighted by Crippen LogP contribution is 2.30. The first kappa shape index (κ1) is 23.5. The Labute approximate surface area is 191 Å². The number of carbonyl (C=O) groups is 1. The van der Waals surface area contributed by atoms with Crippen molar-refractivity contribution in [3.05, 3.63) is 64.7 Å². The van der Waals surface area contributed by atoms with Crippen molar-refractivity contribution in [2.45, 2.75) is 52.6 Å². The van der Waals surface area contributed by atoms with E-state index in [0.29, 0.717) is 30.8 Å². The molecule has 31 heavy (non-hydrogen) atoms. The van der Waals surface area contributed by atoms with Gasteiger partial charge < -0.3 is 15.0 Å². The molecule has 1 aliphatic heterocycles. The second-order valence-electron chi connectivity index (χ2n) is 9.90. The molecule has 1 heterocycles. The van der Waals surface area contributed by atoms with Crippen LogP contribution in [0.2, 0.25) is 5.02 Å². The van der Waals surface area contributed by atoms with Gasteiger partial charge in [-0.3, -0.25) is 0 Å². The number of nitrogens with zero attached hydrogens (tertiary/aromatic N) is 1. The molecule has 4 nitrogen and oxygen atoms in total. The van der Waals surface area contributed by atoms with Gasteiger partial charge in [-0.2, -0.15) is 0 Å². The average molecular weight is 443 g/mol. The normalized spacial score (nSPS) is 19.0. The van der Waals surface area contributed by atoms with Gasteiger partial charge in [0.25, 0.3) is 0 Å². The Morgan fingerprint density at radius 3 is 2.45 bits per heavy atom. The van der Waals surface area contributed by atoms with E-state index in [0.717, 1.165) is 23.7 Å². The average Bonchev–Trinajstić information content (AvgIpc) is 3.09. The number of ether oxygens (including phenoxy) is 1. The summed E-state index contributed by atoms with van der Waals surface area (Å²) >= 11 is 6.01. The van der Waals surface area contributed by atoms with E-state index < -0.39 is 5.60 Å². The van der Waals surface area contributed by atoms with E-state index in [9.17, 15) is 4.79 Å². The molecule has 1 aliphatic rings. The molecule has 1 fully saturated rings. The Morgan fingerprint density at radius 2 is 1.81 bits per heavy atom. The molecule has 1 amide bonds. The van der Waals surface area contributed by atoms with E-state index in [4.69, 9.17) is 16.3 Å². The van der Waals surface area contributed by atoms with Crippen molar-refractivity contribution in [3.63, 3.8) is 0 Å². The minimum Gasteiger partial charge on any atom is -0.444 e. The molecule has 1 N–H and O–H groups in total. The van der Waals surface area contributed by atoms with Gasteiger partial charge in [-0.05, 0) is 80.3 Å². The molecule has 1 saturated heterocycles. The van der Waals surface area contributed by atoms with Gasteiger partial charge >= 0.3 is 6.09 Å². The minimum atomic E-state index is -0.488. The summed E-state index contributed by atoms with van der Waals surface area (Å²) in [5, 5.41) is 4.26. The third-order valence-electron chi connectivity index (χ3n) is 5.76. The molecule has 0 saturated carbocycles. The Kier molecular flexibility index (Phi) is 7.53. The number of amides is 1. The predicted octanol–water partition coefficient (Wildman–Crippen LogP) is 6.60. The molecular formula is C26H35ClN2O2. The second kappa shape index (κ2) is 9.95. The van der Waals surface area contributed by atoms with Crippen molar-refractivity contribution in [1.29, 1.82) is 0 Å². The van der Waals surface area contributed by atoms with Crippen molar-refractivity contribution in [2.75, 3.05) is 25.0 Å². The lowest BCUT2D eigenvalue weighted by Gasteiger charge is -2.24. The summed E-state index contributed by atoms with van der Waals surface area (Å²) in [5.41, 5.74) is 3.24. The van der Waals surface area contributed by atoms with Crippen molar-refractivity contribution >= 4 is 23.4 Å². The van der Waals surface area contributed by atoms with Gasteiger partial charge in [0, 0.05) is 30.3 Å². The lowest BCUT2D eigenvalue weighted by Crippen LogP contribution is -2.35. The maximum Gasteiger partial charge on any atom is 0.410 e. The summed E-state index contributed by atoms with van der Waals surface area (Å²) < 4.78 is 5.65. The van der Waals surface area contributed by atoms with Gasteiger partial charge in [0.15, 0.2) is 0 Å². The predicted molar refractivity (Wildman–Crippen MR) is 129 cm³/mol. The van der Waals surface area contributed by atoms with Crippen molar-refractivity contribution in [2.24, 2.45) is 11.8 Å². The van der Waals surface area contributed by atoms with Gasteiger partial charge in [0.1, 0.15) is 5.60 Å². The van der Waals surface area contributed by atoms with Crippen LogP contribution in [0, 0.1) is 11.8 Å². The van der Waals surface area contributed by atoms with E-state index in [-0.39, 0.29) is 6.09 Å². The van der Waals surface area contributed by atoms with Crippen LogP contribution in [0.5, 0.6) is 0 Å². The molecule has 2 atom stereocenters. The summed E-state index contributed by atoms with van der Waals surface area (Å²) in [6.45, 7) is 12.4. The highest BCUT2D eigenvalue weighted by Gasteiger charge is 2.37. The molecule has 2 aromatic carbocycles. The van der Waals surface area contributed by atoms with Crippen LogP contribution in [0.25, 0.3) is 0 Å². The first-order chi connectivity index (χ1) is 14.6. The zero-order chi connectivity index (χ0) is 22.6. The number of nitrogens with one attached hydrogen (secondary N) is 1. The fourth-order valence-electron chi connectivity index (χ4n) is 4.08. The van der Waals surface area contributed by atoms with Crippen molar-refractivity contribution in [3.8, 4) is 0 Å². The maximum absolute atomic E-state index is 12.7. The molecule has 0 spiro atoms. The monoisotopic (exact) mass is 442 g/mol. The van der Waals surface area contributed by atoms with Crippen LogP contribution in [0.4, 0.5) is 10.5 Å². The molecule has 2 unspecified atom stereocenters. The number of carbonyl (C=O) groups excluding carboxylic acids is 1. The summed E-state index contributed by atoms with van der Waals surface area (Å²) in [6.07, 6.45) is 0.731. The molecule has 3 rings (SSSR count). The molecular weight excluding hydrogens is 408 g/mol. The molecule has 0 aliphatic carbocycles. The molecule has 0 aromatic heterocycles. The van der Waals surface area contributed by atoms with Gasteiger partial charge in [-0.1, -0.05) is 49.7 Å². The highest BCUT2D eigenvalue weighted by atomic mass is 35.5. The molecule has 2 aromatic rings. The van der Waals surface area contributed by atoms with Gasteiger partial charge in [0.2, 0.25) is 0 Å². The fraction of sp³-hybridized carbons (Fsp3) is 0.500. The van der Waals surface area contributed by atoms with Gasteiger partial charge in [0.05, 0.1) is 0 Å². The topological polar surface area (TPSA) is 41.6 Å². The molecule has 168 valence electrons. The minimum absolute atomic E-state index is 0.220. The Balaban J connectivity index is 1.72. The quantitative estimate of drug-likeness (QED) is 0.547. The molecule has 0 radical (unpaired) electrons. The first-order valence-corrected chi connectivity index (χ1v) is 11.5. The lowest BCUT2D eigenvalue weighted by molar-refractivity contribution is 0.0284. The standard InChI is InChI=1S/C26H35ClN2O2/c1-18(2)20-8-6-7-19(13-20)14-21-16-29(25(30)31-26(3,4)5)17-22(21)15-28-24-11-9-23(27)10-12-24/h6-13,18,21-22,28H,14-17H2,1-5H3. The van der Waals surface area contributed by atoms with E-state index >= 15 is 0 Å². The Hall–Kier alpha value is -2.20. The Morgan fingerprint density at radius 1 is 1.13 bits per heavy atom. The van der Waals surface area contributed by atoms with Crippen LogP contribution in [-0.4, -0.2) is 36.2 Å². The van der Waals surface area contributed by atoms with Crippen molar-refractivity contribution < 1.29 is 9.53 Å². The van der Waals surface area contributed by atoms with Gasteiger partial charge in [-0.25, -0.2) is 4.79 Å². The smallest absolute Gasteiger partial charge is 0.410 e. The number of likely N-dealkylation sites (tertiary alicyclic amines) is 1. The van der Waals surface area contributed by atoms with Crippen LogP contribution in [0.15, 0.2) is 48.5 Å². The summed E-state index contributed by atoms with van der Waals surface area (Å²) in [4.78, 5) is 14.6. The van der Waals surface area contributed by atoms with Crippen LogP contribution in [-0.2, 0) is 11.2 Å². The number of rotatable bonds is 6. The SMILES string of the molecule is CC(C)c1cccc(CC2CN(C(=O)OC(C)(C)C)CC2CNc2ccc(Cl)cc2)c1. The van der Waals surface area contributed by atoms with Crippen LogP contribution < -0.4 is 5.32 Å². The molecule has 5 heteroatoms.